The predicted molar refractivity (Wildman–Crippen MR) is 79.0 cm³/mol. The smallest absolute Gasteiger partial charge is 0.272 e. The average molecular weight is 288 g/mol. The molecule has 1 heterocycles. The van der Waals surface area contributed by atoms with Crippen LogP contribution in [-0.4, -0.2) is 33.9 Å². The molecular formula is C15H17FN4O. The Labute approximate surface area is 122 Å². The van der Waals surface area contributed by atoms with E-state index in [2.05, 4.69) is 15.3 Å². The van der Waals surface area contributed by atoms with Crippen molar-refractivity contribution in [1.82, 2.24) is 14.9 Å². The maximum absolute atomic E-state index is 12.9. The number of rotatable bonds is 5. The molecule has 0 aliphatic carbocycles. The molecule has 2 aromatic rings. The van der Waals surface area contributed by atoms with Crippen molar-refractivity contribution < 1.29 is 9.18 Å². The molecular weight excluding hydrogens is 271 g/mol. The lowest BCUT2D eigenvalue weighted by Gasteiger charge is -2.18. The topological polar surface area (TPSA) is 58.1 Å². The molecule has 0 radical (unpaired) electrons. The number of carbonyl (C=O) groups excluding carboxylic acids is 1. The second-order valence-corrected chi connectivity index (χ2v) is 4.40. The highest BCUT2D eigenvalue weighted by Crippen LogP contribution is 2.15. The molecule has 0 bridgehead atoms. The molecule has 0 atom stereocenters. The number of aromatic nitrogens is 2. The summed E-state index contributed by atoms with van der Waals surface area (Å²) in [6.45, 7) is 5.08. The second-order valence-electron chi connectivity index (χ2n) is 4.40. The normalized spacial score (nSPS) is 10.2. The molecule has 0 fully saturated rings. The molecule has 1 aromatic carbocycles. The molecule has 0 saturated heterocycles. The number of hydrogen-bond acceptors (Lipinski definition) is 4. The molecule has 0 spiro atoms. The van der Waals surface area contributed by atoms with Crippen molar-refractivity contribution in [2.75, 3.05) is 18.4 Å². The van der Waals surface area contributed by atoms with E-state index in [1.165, 1.54) is 18.5 Å². The zero-order chi connectivity index (χ0) is 15.2. The minimum atomic E-state index is -0.305. The van der Waals surface area contributed by atoms with Crippen LogP contribution in [0.1, 0.15) is 24.3 Å². The summed E-state index contributed by atoms with van der Waals surface area (Å²) in [5, 5.41) is 3.01. The zero-order valence-corrected chi connectivity index (χ0v) is 12.0. The van der Waals surface area contributed by atoms with Crippen molar-refractivity contribution in [3.63, 3.8) is 0 Å². The van der Waals surface area contributed by atoms with Gasteiger partial charge in [0.25, 0.3) is 5.91 Å². The Morgan fingerprint density at radius 2 is 1.86 bits per heavy atom. The van der Waals surface area contributed by atoms with E-state index in [9.17, 15) is 9.18 Å². The molecule has 2 rings (SSSR count). The van der Waals surface area contributed by atoms with Gasteiger partial charge < -0.3 is 10.2 Å². The molecule has 21 heavy (non-hydrogen) atoms. The van der Waals surface area contributed by atoms with Gasteiger partial charge in [-0.05, 0) is 38.1 Å². The number of carbonyl (C=O) groups is 1. The van der Waals surface area contributed by atoms with Crippen LogP contribution in [0.15, 0.2) is 36.7 Å². The van der Waals surface area contributed by atoms with E-state index in [1.54, 1.807) is 23.1 Å². The third-order valence-electron chi connectivity index (χ3n) is 3.05. The first-order chi connectivity index (χ1) is 10.1. The van der Waals surface area contributed by atoms with Crippen molar-refractivity contribution >= 4 is 17.4 Å². The van der Waals surface area contributed by atoms with Crippen molar-refractivity contribution in [2.24, 2.45) is 0 Å². The number of hydrogen-bond donors (Lipinski definition) is 1. The number of amides is 1. The fourth-order valence-electron chi connectivity index (χ4n) is 1.90. The van der Waals surface area contributed by atoms with E-state index < -0.39 is 0 Å². The van der Waals surface area contributed by atoms with Gasteiger partial charge >= 0.3 is 0 Å². The monoisotopic (exact) mass is 288 g/mol. The second kappa shape index (κ2) is 6.78. The minimum absolute atomic E-state index is 0.135. The predicted octanol–water partition coefficient (Wildman–Crippen LogP) is 2.84. The van der Waals surface area contributed by atoms with Crippen molar-refractivity contribution in [3.05, 3.63) is 48.2 Å². The van der Waals surface area contributed by atoms with E-state index in [1.807, 2.05) is 13.8 Å². The van der Waals surface area contributed by atoms with Gasteiger partial charge in [0.15, 0.2) is 0 Å². The molecule has 110 valence electrons. The van der Waals surface area contributed by atoms with E-state index >= 15 is 0 Å². The number of benzene rings is 1. The molecule has 1 amide bonds. The molecule has 0 aliphatic rings. The summed E-state index contributed by atoms with van der Waals surface area (Å²) < 4.78 is 12.9. The summed E-state index contributed by atoms with van der Waals surface area (Å²) in [5.41, 5.74) is 1.02. The molecule has 1 aromatic heterocycles. The number of halogens is 1. The Morgan fingerprint density at radius 1 is 1.19 bits per heavy atom. The van der Waals surface area contributed by atoms with Gasteiger partial charge in [-0.1, -0.05) is 0 Å². The molecule has 0 aliphatic heterocycles. The van der Waals surface area contributed by atoms with Gasteiger partial charge in [0, 0.05) is 24.8 Å². The average Bonchev–Trinajstić information content (AvgIpc) is 2.51. The zero-order valence-electron chi connectivity index (χ0n) is 12.0. The SMILES string of the molecule is CCN(CC)C(=O)c1cc(Nc2ccc(F)cc2)ncn1. The lowest BCUT2D eigenvalue weighted by Crippen LogP contribution is -2.31. The Bertz CT molecular complexity index is 611. The standard InChI is InChI=1S/C15H17FN4O/c1-3-20(4-2)15(21)13-9-14(18-10-17-13)19-12-7-5-11(16)6-8-12/h5-10H,3-4H2,1-2H3,(H,17,18,19). The van der Waals surface area contributed by atoms with Crippen molar-refractivity contribution in [3.8, 4) is 0 Å². The lowest BCUT2D eigenvalue weighted by molar-refractivity contribution is 0.0767. The van der Waals surface area contributed by atoms with Gasteiger partial charge in [-0.3, -0.25) is 4.79 Å². The van der Waals surface area contributed by atoms with Crippen LogP contribution in [0.2, 0.25) is 0 Å². The fourth-order valence-corrected chi connectivity index (χ4v) is 1.90. The Hall–Kier alpha value is -2.50. The molecule has 5 nitrogen and oxygen atoms in total. The van der Waals surface area contributed by atoms with Crippen LogP contribution in [0.5, 0.6) is 0 Å². The highest BCUT2D eigenvalue weighted by molar-refractivity contribution is 5.93. The Balaban J connectivity index is 2.17. The summed E-state index contributed by atoms with van der Waals surface area (Å²) in [6.07, 6.45) is 1.34. The Kier molecular flexibility index (Phi) is 4.81. The first kappa shape index (κ1) is 14.9. The van der Waals surface area contributed by atoms with E-state index in [-0.39, 0.29) is 11.7 Å². The van der Waals surface area contributed by atoms with Gasteiger partial charge in [-0.2, -0.15) is 0 Å². The highest BCUT2D eigenvalue weighted by atomic mass is 19.1. The molecule has 0 unspecified atom stereocenters. The summed E-state index contributed by atoms with van der Waals surface area (Å²) >= 11 is 0. The quantitative estimate of drug-likeness (QED) is 0.919. The summed E-state index contributed by atoms with van der Waals surface area (Å²) in [5.74, 6) is 0.0531. The van der Waals surface area contributed by atoms with Crippen molar-refractivity contribution in [1.29, 1.82) is 0 Å². The lowest BCUT2D eigenvalue weighted by atomic mass is 10.3. The third kappa shape index (κ3) is 3.75. The first-order valence-corrected chi connectivity index (χ1v) is 6.78. The molecule has 6 heteroatoms. The van der Waals surface area contributed by atoms with Gasteiger partial charge in [-0.25, -0.2) is 14.4 Å². The third-order valence-corrected chi connectivity index (χ3v) is 3.05. The van der Waals surface area contributed by atoms with Gasteiger partial charge in [0.1, 0.15) is 23.7 Å². The Morgan fingerprint density at radius 3 is 2.48 bits per heavy atom. The van der Waals surface area contributed by atoms with Crippen molar-refractivity contribution in [2.45, 2.75) is 13.8 Å². The first-order valence-electron chi connectivity index (χ1n) is 6.78. The van der Waals surface area contributed by atoms with Crippen LogP contribution in [-0.2, 0) is 0 Å². The molecule has 1 N–H and O–H groups in total. The van der Waals surface area contributed by atoms with E-state index in [0.717, 1.165) is 0 Å². The van der Waals surface area contributed by atoms with Gasteiger partial charge in [-0.15, -0.1) is 0 Å². The van der Waals surface area contributed by atoms with Gasteiger partial charge in [0.05, 0.1) is 0 Å². The number of nitrogens with zero attached hydrogens (tertiary/aromatic N) is 3. The summed E-state index contributed by atoms with van der Waals surface area (Å²) in [4.78, 5) is 22.0. The van der Waals surface area contributed by atoms with Crippen LogP contribution >= 0.6 is 0 Å². The fraction of sp³-hybridized carbons (Fsp3) is 0.267. The maximum atomic E-state index is 12.9. The van der Waals surface area contributed by atoms with E-state index in [0.29, 0.717) is 30.3 Å². The minimum Gasteiger partial charge on any atom is -0.340 e. The van der Waals surface area contributed by atoms with Crippen LogP contribution < -0.4 is 5.32 Å². The highest BCUT2D eigenvalue weighted by Gasteiger charge is 2.14. The molecule has 0 saturated carbocycles. The van der Waals surface area contributed by atoms with Crippen LogP contribution in [0.3, 0.4) is 0 Å². The van der Waals surface area contributed by atoms with Crippen LogP contribution in [0, 0.1) is 5.82 Å². The van der Waals surface area contributed by atoms with E-state index in [4.69, 9.17) is 0 Å². The summed E-state index contributed by atoms with van der Waals surface area (Å²) in [6, 6.07) is 7.49. The maximum Gasteiger partial charge on any atom is 0.272 e. The number of anilines is 2. The summed E-state index contributed by atoms with van der Waals surface area (Å²) in [7, 11) is 0. The number of nitrogens with one attached hydrogen (secondary N) is 1. The van der Waals surface area contributed by atoms with Crippen LogP contribution in [0.25, 0.3) is 0 Å². The van der Waals surface area contributed by atoms with Gasteiger partial charge in [0.2, 0.25) is 0 Å². The largest absolute Gasteiger partial charge is 0.340 e. The van der Waals surface area contributed by atoms with Crippen LogP contribution in [0.4, 0.5) is 15.9 Å².